The van der Waals surface area contributed by atoms with Gasteiger partial charge in [-0.1, -0.05) is 6.07 Å². The third kappa shape index (κ3) is 2.26. The van der Waals surface area contributed by atoms with Gasteiger partial charge in [-0.3, -0.25) is 4.98 Å². The molecule has 0 spiro atoms. The highest BCUT2D eigenvalue weighted by atomic mass is 14.9. The summed E-state index contributed by atoms with van der Waals surface area (Å²) in [5, 5.41) is 3.29. The fourth-order valence-electron chi connectivity index (χ4n) is 1.37. The highest BCUT2D eigenvalue weighted by Gasteiger charge is 1.98. The summed E-state index contributed by atoms with van der Waals surface area (Å²) in [4.78, 5) is 3.96. The van der Waals surface area contributed by atoms with Gasteiger partial charge in [-0.25, -0.2) is 0 Å². The summed E-state index contributed by atoms with van der Waals surface area (Å²) in [6.45, 7) is 2.04. The Hall–Kier alpha value is -2.03. The van der Waals surface area contributed by atoms with Crippen molar-refractivity contribution in [2.24, 2.45) is 0 Å². The minimum Gasteiger partial charge on any atom is -0.399 e. The minimum absolute atomic E-state index is 0.761. The van der Waals surface area contributed by atoms with Gasteiger partial charge in [-0.05, 0) is 36.8 Å². The van der Waals surface area contributed by atoms with Crippen LogP contribution in [0.3, 0.4) is 0 Å². The van der Waals surface area contributed by atoms with Gasteiger partial charge in [-0.2, -0.15) is 0 Å². The van der Waals surface area contributed by atoms with E-state index in [1.807, 2.05) is 37.3 Å². The first-order valence-corrected chi connectivity index (χ1v) is 4.79. The molecule has 0 saturated carbocycles. The number of nitrogen functional groups attached to an aromatic ring is 1. The van der Waals surface area contributed by atoms with Crippen molar-refractivity contribution in [3.63, 3.8) is 0 Å². The van der Waals surface area contributed by atoms with Crippen LogP contribution >= 0.6 is 0 Å². The Morgan fingerprint density at radius 3 is 2.60 bits per heavy atom. The second-order valence-corrected chi connectivity index (χ2v) is 3.44. The van der Waals surface area contributed by atoms with Gasteiger partial charge in [0.05, 0.1) is 0 Å². The maximum atomic E-state index is 5.73. The van der Waals surface area contributed by atoms with Crippen molar-refractivity contribution in [3.05, 3.63) is 48.3 Å². The van der Waals surface area contributed by atoms with E-state index in [-0.39, 0.29) is 0 Å². The number of pyridine rings is 1. The van der Waals surface area contributed by atoms with Crippen molar-refractivity contribution in [2.75, 3.05) is 11.1 Å². The Labute approximate surface area is 89.0 Å². The van der Waals surface area contributed by atoms with Crippen molar-refractivity contribution in [1.82, 2.24) is 4.98 Å². The van der Waals surface area contributed by atoms with Crippen LogP contribution in [-0.4, -0.2) is 4.98 Å². The number of nitrogens with one attached hydrogen (secondary N) is 1. The van der Waals surface area contributed by atoms with Crippen LogP contribution in [-0.2, 0) is 0 Å². The molecular weight excluding hydrogens is 186 g/mol. The van der Waals surface area contributed by atoms with E-state index in [1.54, 1.807) is 12.4 Å². The molecule has 0 atom stereocenters. The molecule has 15 heavy (non-hydrogen) atoms. The van der Waals surface area contributed by atoms with Crippen LogP contribution in [0.25, 0.3) is 0 Å². The SMILES string of the molecule is Cc1ccc(N)cc1Nc1ccncc1. The maximum absolute atomic E-state index is 5.73. The molecule has 3 heteroatoms. The van der Waals surface area contributed by atoms with E-state index in [0.29, 0.717) is 0 Å². The average molecular weight is 199 g/mol. The van der Waals surface area contributed by atoms with Crippen LogP contribution in [0.4, 0.5) is 17.1 Å². The monoisotopic (exact) mass is 199 g/mol. The summed E-state index contributed by atoms with van der Waals surface area (Å²) >= 11 is 0. The second kappa shape index (κ2) is 4.00. The Balaban J connectivity index is 2.28. The number of rotatable bonds is 2. The molecule has 2 rings (SSSR count). The highest BCUT2D eigenvalue weighted by molar-refractivity contribution is 5.66. The highest BCUT2D eigenvalue weighted by Crippen LogP contribution is 2.22. The number of aromatic nitrogens is 1. The molecule has 0 saturated heterocycles. The van der Waals surface area contributed by atoms with Crippen LogP contribution in [0.1, 0.15) is 5.56 Å². The number of anilines is 3. The van der Waals surface area contributed by atoms with Crippen LogP contribution in [0.15, 0.2) is 42.7 Å². The van der Waals surface area contributed by atoms with E-state index in [0.717, 1.165) is 17.1 Å². The lowest BCUT2D eigenvalue weighted by Crippen LogP contribution is -1.95. The first-order valence-electron chi connectivity index (χ1n) is 4.79. The molecular formula is C12H13N3. The number of benzene rings is 1. The van der Waals surface area contributed by atoms with Crippen molar-refractivity contribution in [1.29, 1.82) is 0 Å². The first kappa shape index (κ1) is 9.52. The lowest BCUT2D eigenvalue weighted by atomic mass is 10.2. The Kier molecular flexibility index (Phi) is 2.54. The molecule has 0 fully saturated rings. The molecule has 0 radical (unpaired) electrons. The molecule has 1 heterocycles. The summed E-state index contributed by atoms with van der Waals surface area (Å²) in [6, 6.07) is 9.66. The molecule has 76 valence electrons. The zero-order valence-corrected chi connectivity index (χ0v) is 8.57. The smallest absolute Gasteiger partial charge is 0.0434 e. The van der Waals surface area contributed by atoms with Crippen molar-refractivity contribution >= 4 is 17.1 Å². The number of hydrogen-bond donors (Lipinski definition) is 2. The van der Waals surface area contributed by atoms with Gasteiger partial charge in [0.25, 0.3) is 0 Å². The number of nitrogens with zero attached hydrogens (tertiary/aromatic N) is 1. The largest absolute Gasteiger partial charge is 0.399 e. The maximum Gasteiger partial charge on any atom is 0.0434 e. The normalized spacial score (nSPS) is 9.93. The van der Waals surface area contributed by atoms with Gasteiger partial charge in [-0.15, -0.1) is 0 Å². The number of hydrogen-bond acceptors (Lipinski definition) is 3. The molecule has 0 aliphatic rings. The molecule has 2 aromatic rings. The van der Waals surface area contributed by atoms with Gasteiger partial charge in [0.15, 0.2) is 0 Å². The fraction of sp³-hybridized carbons (Fsp3) is 0.0833. The van der Waals surface area contributed by atoms with Crippen molar-refractivity contribution < 1.29 is 0 Å². The van der Waals surface area contributed by atoms with Crippen molar-refractivity contribution in [2.45, 2.75) is 6.92 Å². The number of nitrogens with two attached hydrogens (primary N) is 1. The molecule has 0 aliphatic heterocycles. The standard InChI is InChI=1S/C12H13N3/c1-9-2-3-10(13)8-12(9)15-11-4-6-14-7-5-11/h2-8H,13H2,1H3,(H,14,15). The summed E-state index contributed by atoms with van der Waals surface area (Å²) in [5.74, 6) is 0. The molecule has 0 aliphatic carbocycles. The zero-order valence-electron chi connectivity index (χ0n) is 8.57. The fourth-order valence-corrected chi connectivity index (χ4v) is 1.37. The van der Waals surface area contributed by atoms with E-state index in [1.165, 1.54) is 5.56 Å². The van der Waals surface area contributed by atoms with Gasteiger partial charge < -0.3 is 11.1 Å². The van der Waals surface area contributed by atoms with Crippen LogP contribution in [0, 0.1) is 6.92 Å². The van der Waals surface area contributed by atoms with Crippen LogP contribution in [0.5, 0.6) is 0 Å². The molecule has 1 aromatic carbocycles. The Morgan fingerprint density at radius 1 is 1.13 bits per heavy atom. The van der Waals surface area contributed by atoms with Gasteiger partial charge >= 0.3 is 0 Å². The van der Waals surface area contributed by atoms with Gasteiger partial charge in [0.1, 0.15) is 0 Å². The van der Waals surface area contributed by atoms with E-state index in [4.69, 9.17) is 5.73 Å². The summed E-state index contributed by atoms with van der Waals surface area (Å²) < 4.78 is 0. The first-order chi connectivity index (χ1) is 7.25. The van der Waals surface area contributed by atoms with E-state index >= 15 is 0 Å². The van der Waals surface area contributed by atoms with E-state index in [2.05, 4.69) is 10.3 Å². The minimum atomic E-state index is 0.761. The summed E-state index contributed by atoms with van der Waals surface area (Å²) in [7, 11) is 0. The van der Waals surface area contributed by atoms with E-state index < -0.39 is 0 Å². The van der Waals surface area contributed by atoms with Crippen LogP contribution in [0.2, 0.25) is 0 Å². The topological polar surface area (TPSA) is 50.9 Å². The molecule has 0 amide bonds. The zero-order chi connectivity index (χ0) is 10.7. The second-order valence-electron chi connectivity index (χ2n) is 3.44. The Bertz CT molecular complexity index is 452. The van der Waals surface area contributed by atoms with Gasteiger partial charge in [0, 0.05) is 29.5 Å². The van der Waals surface area contributed by atoms with Gasteiger partial charge in [0.2, 0.25) is 0 Å². The summed E-state index contributed by atoms with van der Waals surface area (Å²) in [5.41, 5.74) is 9.70. The molecule has 0 unspecified atom stereocenters. The summed E-state index contributed by atoms with van der Waals surface area (Å²) in [6.07, 6.45) is 3.51. The third-order valence-electron chi connectivity index (χ3n) is 2.22. The molecule has 3 nitrogen and oxygen atoms in total. The predicted molar refractivity (Wildman–Crippen MR) is 63.1 cm³/mol. The van der Waals surface area contributed by atoms with Crippen molar-refractivity contribution in [3.8, 4) is 0 Å². The lowest BCUT2D eigenvalue weighted by Gasteiger charge is -2.09. The molecule has 0 bridgehead atoms. The Morgan fingerprint density at radius 2 is 1.87 bits per heavy atom. The van der Waals surface area contributed by atoms with Crippen LogP contribution < -0.4 is 11.1 Å². The molecule has 1 aromatic heterocycles. The molecule has 3 N–H and O–H groups in total. The predicted octanol–water partition coefficient (Wildman–Crippen LogP) is 2.72. The third-order valence-corrected chi connectivity index (χ3v) is 2.22. The quantitative estimate of drug-likeness (QED) is 0.731. The van der Waals surface area contributed by atoms with E-state index in [9.17, 15) is 0 Å². The lowest BCUT2D eigenvalue weighted by molar-refractivity contribution is 1.32. The average Bonchev–Trinajstić information content (AvgIpc) is 2.25. The number of aryl methyl sites for hydroxylation is 1.